The zero-order valence-electron chi connectivity index (χ0n) is 52.5. The molecule has 502 valence electrons. The monoisotopic (exact) mass is 1310 g/mol. The maximum Gasteiger partial charge on any atom is 0.415 e. The molecule has 27 heteroatoms. The Labute approximate surface area is 543 Å². The molecule has 6 N–H and O–H groups in total. The van der Waals surface area contributed by atoms with Crippen molar-refractivity contribution in [2.45, 2.75) is 146 Å². The SMILES string of the molecule is CC(=O)O[C@H]1C(=O)[C@@]2(C)[C@H]([C@H](OC(=O)c3ccccc3)[C@]3(O)C[C@H](OC(=O)[C@H](OC(=O)N(C)c4cc([N+](=O)[O-])ccc4O[C@@H]4O[C@H](C(=O)OCc5ccccc5)[C@@H](O)[C@H](O)[C@H]4O)[C@@H](NC(=O)c4ccccc4)c4ccccc4)C(C)=C1C3(C)C)[C@]1(OC(C)=O)CO[C@@H]1C[C@@H]2O. The molecule has 5 aromatic rings. The van der Waals surface area contributed by atoms with E-state index in [2.05, 4.69) is 5.32 Å². The van der Waals surface area contributed by atoms with Crippen molar-refractivity contribution in [2.24, 2.45) is 16.7 Å². The van der Waals surface area contributed by atoms with Gasteiger partial charge in [-0.25, -0.2) is 19.2 Å². The van der Waals surface area contributed by atoms with E-state index in [0.717, 1.165) is 39.1 Å². The van der Waals surface area contributed by atoms with Gasteiger partial charge in [0.1, 0.15) is 60.6 Å². The third-order valence-electron chi connectivity index (χ3n) is 18.7. The molecule has 2 saturated carbocycles. The number of rotatable bonds is 18. The Bertz CT molecular complexity index is 3800. The number of nitrogens with zero attached hydrogens (tertiary/aromatic N) is 2. The van der Waals surface area contributed by atoms with E-state index in [9.17, 15) is 59.6 Å². The summed E-state index contributed by atoms with van der Waals surface area (Å²) in [6, 6.07) is 32.1. The number of ether oxygens (including phenoxy) is 9. The second-order valence-electron chi connectivity index (χ2n) is 24.8. The van der Waals surface area contributed by atoms with E-state index < -0.39 is 184 Å². The first-order chi connectivity index (χ1) is 45.0. The molecular weight excluding hydrogens is 1240 g/mol. The van der Waals surface area contributed by atoms with Crippen molar-refractivity contribution in [1.82, 2.24) is 5.32 Å². The summed E-state index contributed by atoms with van der Waals surface area (Å²) in [6.45, 7) is 7.03. The van der Waals surface area contributed by atoms with Gasteiger partial charge in [-0.3, -0.25) is 34.2 Å². The number of hydrogen-bond acceptors (Lipinski definition) is 24. The normalized spacial score (nSPS) is 29.5. The molecule has 2 saturated heterocycles. The van der Waals surface area contributed by atoms with Crippen LogP contribution in [0.3, 0.4) is 0 Å². The molecule has 0 spiro atoms. The number of ketones is 1. The van der Waals surface area contributed by atoms with Crippen LogP contribution in [0.15, 0.2) is 151 Å². The molecule has 0 aromatic heterocycles. The number of aliphatic hydroxyl groups is 5. The lowest BCUT2D eigenvalue weighted by molar-refractivity contribution is -0.384. The lowest BCUT2D eigenvalue weighted by Gasteiger charge is -2.67. The number of carbonyl (C=O) groups excluding carboxylic acids is 8. The van der Waals surface area contributed by atoms with Crippen molar-refractivity contribution >= 4 is 59.0 Å². The van der Waals surface area contributed by atoms with Crippen molar-refractivity contribution in [3.05, 3.63) is 183 Å². The topological polar surface area (TPSA) is 379 Å². The molecular formula is C68H71N3O24. The van der Waals surface area contributed by atoms with E-state index >= 15 is 14.4 Å². The highest BCUT2D eigenvalue weighted by Gasteiger charge is 2.78. The molecule has 3 aliphatic carbocycles. The van der Waals surface area contributed by atoms with Gasteiger partial charge in [0.25, 0.3) is 11.6 Å². The van der Waals surface area contributed by atoms with Gasteiger partial charge in [0.2, 0.25) is 12.4 Å². The van der Waals surface area contributed by atoms with Crippen LogP contribution in [0.1, 0.15) is 92.3 Å². The third kappa shape index (κ3) is 12.9. The maximum atomic E-state index is 16.0. The minimum Gasteiger partial charge on any atom is -0.460 e. The van der Waals surface area contributed by atoms with Gasteiger partial charge in [0, 0.05) is 56.8 Å². The molecule has 2 amide bonds. The average Bonchev–Trinajstić information content (AvgIpc) is 0.670. The Morgan fingerprint density at radius 2 is 1.39 bits per heavy atom. The van der Waals surface area contributed by atoms with Gasteiger partial charge in [0.05, 0.1) is 40.2 Å². The van der Waals surface area contributed by atoms with Crippen LogP contribution in [0.4, 0.5) is 16.2 Å². The number of benzene rings is 5. The van der Waals surface area contributed by atoms with E-state index in [0.29, 0.717) is 10.5 Å². The molecule has 16 atom stereocenters. The summed E-state index contributed by atoms with van der Waals surface area (Å²) in [5.74, 6) is -9.71. The highest BCUT2D eigenvalue weighted by molar-refractivity contribution is 5.97. The van der Waals surface area contributed by atoms with E-state index in [4.69, 9.17) is 42.6 Å². The number of aliphatic hydroxyl groups excluding tert-OH is 4. The summed E-state index contributed by atoms with van der Waals surface area (Å²) in [7, 11) is 1.03. The number of non-ortho nitro benzene ring substituents is 1. The number of nitro benzene ring substituents is 1. The van der Waals surface area contributed by atoms with Crippen LogP contribution >= 0.6 is 0 Å². The van der Waals surface area contributed by atoms with Gasteiger partial charge in [-0.15, -0.1) is 0 Å². The molecule has 5 aliphatic rings. The first kappa shape index (κ1) is 68.4. The molecule has 0 radical (unpaired) electrons. The van der Waals surface area contributed by atoms with Crippen molar-refractivity contribution in [1.29, 1.82) is 0 Å². The molecule has 27 nitrogen and oxygen atoms in total. The van der Waals surface area contributed by atoms with Crippen LogP contribution in [0.25, 0.3) is 0 Å². The number of nitro groups is 1. The molecule has 2 heterocycles. The first-order valence-electron chi connectivity index (χ1n) is 30.3. The van der Waals surface area contributed by atoms with Crippen LogP contribution in [-0.2, 0) is 68.5 Å². The van der Waals surface area contributed by atoms with Crippen molar-refractivity contribution in [3.63, 3.8) is 0 Å². The van der Waals surface area contributed by atoms with Crippen LogP contribution in [0, 0.1) is 26.9 Å². The van der Waals surface area contributed by atoms with E-state index in [1.165, 1.54) is 88.4 Å². The smallest absolute Gasteiger partial charge is 0.415 e. The molecule has 2 aliphatic heterocycles. The molecule has 2 bridgehead atoms. The molecule has 10 rings (SSSR count). The number of hydrogen-bond donors (Lipinski definition) is 6. The van der Waals surface area contributed by atoms with Crippen molar-refractivity contribution in [2.75, 3.05) is 18.6 Å². The third-order valence-corrected chi connectivity index (χ3v) is 18.7. The maximum absolute atomic E-state index is 16.0. The van der Waals surface area contributed by atoms with Gasteiger partial charge in [-0.1, -0.05) is 111 Å². The van der Waals surface area contributed by atoms with Crippen LogP contribution in [0.5, 0.6) is 5.75 Å². The van der Waals surface area contributed by atoms with Crippen LogP contribution in [-0.4, -0.2) is 170 Å². The summed E-state index contributed by atoms with van der Waals surface area (Å²) < 4.78 is 54.2. The number of fused-ring (bicyclic) bond motifs is 5. The average molecular weight is 1310 g/mol. The number of nitrogens with one attached hydrogen (secondary N) is 1. The summed E-state index contributed by atoms with van der Waals surface area (Å²) >= 11 is 0. The van der Waals surface area contributed by atoms with Crippen LogP contribution in [0.2, 0.25) is 0 Å². The predicted molar refractivity (Wildman–Crippen MR) is 327 cm³/mol. The van der Waals surface area contributed by atoms with E-state index in [-0.39, 0.29) is 40.9 Å². The molecule has 95 heavy (non-hydrogen) atoms. The number of carbonyl (C=O) groups is 8. The second-order valence-corrected chi connectivity index (χ2v) is 24.8. The molecule has 4 fully saturated rings. The Balaban J connectivity index is 1.08. The fraction of sp³-hybridized carbons (Fsp3) is 0.412. The highest BCUT2D eigenvalue weighted by atomic mass is 16.7. The van der Waals surface area contributed by atoms with Gasteiger partial charge < -0.3 is 73.5 Å². The highest BCUT2D eigenvalue weighted by Crippen LogP contribution is 2.64. The number of Topliss-reactive ketones (excluding diaryl/α,β-unsaturated/α-hetero) is 1. The fourth-order valence-corrected chi connectivity index (χ4v) is 13.6. The molecule has 0 unspecified atom stereocenters. The Hall–Kier alpha value is -9.48. The Morgan fingerprint density at radius 1 is 0.779 bits per heavy atom. The Kier molecular flexibility index (Phi) is 19.5. The Morgan fingerprint density at radius 3 is 1.98 bits per heavy atom. The van der Waals surface area contributed by atoms with Crippen molar-refractivity contribution in [3.8, 4) is 5.75 Å². The van der Waals surface area contributed by atoms with Gasteiger partial charge >= 0.3 is 35.9 Å². The number of anilines is 1. The van der Waals surface area contributed by atoms with E-state index in [1.807, 2.05) is 0 Å². The quantitative estimate of drug-likeness (QED) is 0.0224. The standard InChI is InChI=1S/C68H71N3O24/c1-35-45(32-68(84)58(94-60(80)41-26-18-11-19-27-41)56-66(6,46(74)31-47-67(56,34-88-47)95-37(3)73)57(78)53(89-36(2)72)48(35)65(68,4)5)90-62(82)54(49(39-22-14-9-15-23-39)69-59(79)40-24-16-10-17-25-40)93-64(83)70(7)43-30-42(71(85)86)28-29-44(43)91-63-52(77)50(75)51(76)55(92-63)61(81)87-33-38-20-12-8-13-21-38/h8-30,45-47,49-56,58,63,74-77,84H,31-34H2,1-7H3,(H,69,79)/t45-,46-,47+,49-,50-,51-,52+,53+,54+,55-,56-,58-,63+,66+,67-,68+/m0/s1. The predicted octanol–water partition coefficient (Wildman–Crippen LogP) is 4.85. The minimum absolute atomic E-state index is 0.0331. The van der Waals surface area contributed by atoms with E-state index in [1.54, 1.807) is 60.7 Å². The lowest BCUT2D eigenvalue weighted by atomic mass is 9.44. The summed E-state index contributed by atoms with van der Waals surface area (Å²) in [5.41, 5.74) is -9.47. The summed E-state index contributed by atoms with van der Waals surface area (Å²) in [4.78, 5) is 129. The van der Waals surface area contributed by atoms with Crippen LogP contribution < -0.4 is 15.0 Å². The largest absolute Gasteiger partial charge is 0.460 e. The summed E-state index contributed by atoms with van der Waals surface area (Å²) in [5, 5.41) is 74.9. The molecule has 5 aromatic carbocycles. The lowest BCUT2D eigenvalue weighted by Crippen LogP contribution is -2.82. The second kappa shape index (κ2) is 27.1. The fourth-order valence-electron chi connectivity index (χ4n) is 13.6. The minimum atomic E-state index is -2.65. The zero-order chi connectivity index (χ0) is 68.6. The van der Waals surface area contributed by atoms with Gasteiger partial charge in [0.15, 0.2) is 23.6 Å². The summed E-state index contributed by atoms with van der Waals surface area (Å²) in [6.07, 6.45) is -24.2. The van der Waals surface area contributed by atoms with Crippen molar-refractivity contribution < 1.29 is 111 Å². The van der Waals surface area contributed by atoms with Gasteiger partial charge in [-0.05, 0) is 66.5 Å². The first-order valence-corrected chi connectivity index (χ1v) is 30.3. The zero-order valence-corrected chi connectivity index (χ0v) is 52.5. The number of amides is 2. The number of esters is 5. The van der Waals surface area contributed by atoms with Gasteiger partial charge in [-0.2, -0.15) is 0 Å².